The van der Waals surface area contributed by atoms with Gasteiger partial charge in [0.2, 0.25) is 0 Å². The highest BCUT2D eigenvalue weighted by Gasteiger charge is 2.06. The lowest BCUT2D eigenvalue weighted by Gasteiger charge is -1.94. The molecule has 0 unspecified atom stereocenters. The Morgan fingerprint density at radius 2 is 2.38 bits per heavy atom. The fourth-order valence-corrected chi connectivity index (χ4v) is 1.36. The van der Waals surface area contributed by atoms with E-state index in [-0.39, 0.29) is 5.84 Å². The van der Waals surface area contributed by atoms with Crippen LogP contribution in [0.15, 0.2) is 18.5 Å². The maximum Gasteiger partial charge on any atom is 0.138 e. The number of fused-ring (bicyclic) bond motifs is 1. The van der Waals surface area contributed by atoms with Gasteiger partial charge in [0.05, 0.1) is 5.02 Å². The Bertz CT molecular complexity index is 474. The van der Waals surface area contributed by atoms with Gasteiger partial charge in [0, 0.05) is 23.3 Å². The number of pyridine rings is 1. The quantitative estimate of drug-likeness (QED) is 0.475. The number of amidine groups is 1. The summed E-state index contributed by atoms with van der Waals surface area (Å²) in [6.45, 7) is 0. The minimum atomic E-state index is 0.00955. The Labute approximate surface area is 79.2 Å². The highest BCUT2D eigenvalue weighted by Crippen LogP contribution is 2.19. The van der Waals surface area contributed by atoms with E-state index in [4.69, 9.17) is 22.7 Å². The number of aromatic amines is 1. The first-order valence-electron chi connectivity index (χ1n) is 3.65. The molecular weight excluding hydrogens is 188 g/mol. The van der Waals surface area contributed by atoms with E-state index in [1.165, 1.54) is 0 Å². The maximum atomic E-state index is 7.29. The fraction of sp³-hybridized carbons (Fsp3) is 0. The van der Waals surface area contributed by atoms with Gasteiger partial charge in [0.15, 0.2) is 0 Å². The third-order valence-corrected chi connectivity index (χ3v) is 1.99. The number of nitrogens with two attached hydrogens (primary N) is 1. The minimum absolute atomic E-state index is 0.00955. The van der Waals surface area contributed by atoms with Crippen molar-refractivity contribution in [1.82, 2.24) is 9.97 Å². The molecule has 0 aliphatic heterocycles. The topological polar surface area (TPSA) is 78.5 Å². The van der Waals surface area contributed by atoms with Gasteiger partial charge < -0.3 is 10.7 Å². The Kier molecular flexibility index (Phi) is 1.70. The van der Waals surface area contributed by atoms with Crippen molar-refractivity contribution in [3.8, 4) is 0 Å². The highest BCUT2D eigenvalue weighted by molar-refractivity contribution is 6.31. The van der Waals surface area contributed by atoms with Gasteiger partial charge in [-0.15, -0.1) is 0 Å². The van der Waals surface area contributed by atoms with Crippen molar-refractivity contribution in [3.63, 3.8) is 0 Å². The van der Waals surface area contributed by atoms with E-state index >= 15 is 0 Å². The normalized spacial score (nSPS) is 10.5. The predicted molar refractivity (Wildman–Crippen MR) is 52.1 cm³/mol. The molecule has 2 rings (SSSR count). The monoisotopic (exact) mass is 194 g/mol. The van der Waals surface area contributed by atoms with Crippen LogP contribution in [0.1, 0.15) is 5.56 Å². The number of nitrogens with zero attached hydrogens (tertiary/aromatic N) is 1. The summed E-state index contributed by atoms with van der Waals surface area (Å²) in [5, 5.41) is 8.61. The number of aromatic nitrogens is 2. The zero-order valence-electron chi connectivity index (χ0n) is 6.63. The van der Waals surface area contributed by atoms with Gasteiger partial charge in [-0.3, -0.25) is 5.41 Å². The van der Waals surface area contributed by atoms with Gasteiger partial charge >= 0.3 is 0 Å². The molecule has 0 aromatic carbocycles. The summed E-state index contributed by atoms with van der Waals surface area (Å²) in [5.41, 5.74) is 6.69. The first kappa shape index (κ1) is 8.07. The standard InChI is InChI=1S/C8H7ClN4/c9-4-1-5-6(7(10)11)3-13-8(5)12-2-4/h1-3H,(H3,10,11)(H,12,13). The molecule has 0 bridgehead atoms. The molecule has 0 fully saturated rings. The Balaban J connectivity index is 2.79. The molecule has 2 aromatic rings. The van der Waals surface area contributed by atoms with Crippen molar-refractivity contribution in [2.75, 3.05) is 0 Å². The summed E-state index contributed by atoms with van der Waals surface area (Å²) in [6, 6.07) is 1.73. The third kappa shape index (κ3) is 1.25. The van der Waals surface area contributed by atoms with Crippen LogP contribution in [0.2, 0.25) is 5.02 Å². The molecular formula is C8H7ClN4. The lowest BCUT2D eigenvalue weighted by molar-refractivity contribution is 1.32. The van der Waals surface area contributed by atoms with Crippen LogP contribution in [0.5, 0.6) is 0 Å². The van der Waals surface area contributed by atoms with Gasteiger partial charge in [-0.2, -0.15) is 0 Å². The third-order valence-electron chi connectivity index (χ3n) is 1.79. The lowest BCUT2D eigenvalue weighted by Crippen LogP contribution is -2.09. The van der Waals surface area contributed by atoms with Gasteiger partial charge in [0.1, 0.15) is 11.5 Å². The Morgan fingerprint density at radius 1 is 1.62 bits per heavy atom. The van der Waals surface area contributed by atoms with Gasteiger partial charge in [0.25, 0.3) is 0 Å². The van der Waals surface area contributed by atoms with Crippen LogP contribution in [0.4, 0.5) is 0 Å². The van der Waals surface area contributed by atoms with Crippen LogP contribution in [-0.4, -0.2) is 15.8 Å². The van der Waals surface area contributed by atoms with E-state index < -0.39 is 0 Å². The summed E-state index contributed by atoms with van der Waals surface area (Å²) in [7, 11) is 0. The summed E-state index contributed by atoms with van der Waals surface area (Å²) in [4.78, 5) is 6.95. The van der Waals surface area contributed by atoms with Gasteiger partial charge in [-0.25, -0.2) is 4.98 Å². The van der Waals surface area contributed by atoms with Crippen molar-refractivity contribution in [2.24, 2.45) is 5.73 Å². The van der Waals surface area contributed by atoms with Gasteiger partial charge in [-0.05, 0) is 6.07 Å². The number of nitrogens with one attached hydrogen (secondary N) is 2. The van der Waals surface area contributed by atoms with E-state index in [2.05, 4.69) is 9.97 Å². The van der Waals surface area contributed by atoms with E-state index in [1.54, 1.807) is 18.5 Å². The SMILES string of the molecule is N=C(N)c1c[nH]c2ncc(Cl)cc12. The summed E-state index contributed by atoms with van der Waals surface area (Å²) < 4.78 is 0. The van der Waals surface area contributed by atoms with Gasteiger partial charge in [-0.1, -0.05) is 11.6 Å². The summed E-state index contributed by atoms with van der Waals surface area (Å²) in [6.07, 6.45) is 3.20. The van der Waals surface area contributed by atoms with E-state index in [9.17, 15) is 0 Å². The molecule has 0 saturated heterocycles. The van der Waals surface area contributed by atoms with Crippen molar-refractivity contribution in [1.29, 1.82) is 5.41 Å². The Hall–Kier alpha value is -1.55. The average molecular weight is 195 g/mol. The molecule has 0 aliphatic rings. The number of nitrogen functional groups attached to an aromatic ring is 1. The first-order valence-corrected chi connectivity index (χ1v) is 4.03. The molecule has 4 nitrogen and oxygen atoms in total. The number of rotatable bonds is 1. The smallest absolute Gasteiger partial charge is 0.138 e. The van der Waals surface area contributed by atoms with Crippen LogP contribution in [0.3, 0.4) is 0 Å². The van der Waals surface area contributed by atoms with Crippen molar-refractivity contribution < 1.29 is 0 Å². The molecule has 0 radical (unpaired) electrons. The predicted octanol–water partition coefficient (Wildman–Crippen LogP) is 1.50. The fourth-order valence-electron chi connectivity index (χ4n) is 1.20. The second-order valence-corrected chi connectivity index (χ2v) is 3.10. The summed E-state index contributed by atoms with van der Waals surface area (Å²) >= 11 is 5.76. The second kappa shape index (κ2) is 2.74. The maximum absolute atomic E-state index is 7.29. The highest BCUT2D eigenvalue weighted by atomic mass is 35.5. The van der Waals surface area contributed by atoms with E-state index in [0.717, 1.165) is 5.39 Å². The lowest BCUT2D eigenvalue weighted by atomic mass is 10.2. The van der Waals surface area contributed by atoms with E-state index in [0.29, 0.717) is 16.2 Å². The Morgan fingerprint density at radius 3 is 3.08 bits per heavy atom. The van der Waals surface area contributed by atoms with E-state index in [1.807, 2.05) is 0 Å². The molecule has 2 aromatic heterocycles. The number of halogens is 1. The van der Waals surface area contributed by atoms with Crippen LogP contribution in [0.25, 0.3) is 11.0 Å². The van der Waals surface area contributed by atoms with Crippen LogP contribution >= 0.6 is 11.6 Å². The first-order chi connectivity index (χ1) is 6.18. The zero-order chi connectivity index (χ0) is 9.42. The number of hydrogen-bond donors (Lipinski definition) is 3. The largest absolute Gasteiger partial charge is 0.384 e. The van der Waals surface area contributed by atoms with Crippen molar-refractivity contribution in [2.45, 2.75) is 0 Å². The molecule has 4 N–H and O–H groups in total. The molecule has 0 saturated carbocycles. The number of H-pyrrole nitrogens is 1. The molecule has 0 atom stereocenters. The molecule has 0 spiro atoms. The molecule has 0 amide bonds. The van der Waals surface area contributed by atoms with Crippen LogP contribution in [-0.2, 0) is 0 Å². The van der Waals surface area contributed by atoms with Crippen molar-refractivity contribution >= 4 is 28.5 Å². The van der Waals surface area contributed by atoms with Crippen LogP contribution in [0, 0.1) is 5.41 Å². The van der Waals surface area contributed by atoms with Crippen molar-refractivity contribution in [3.05, 3.63) is 29.0 Å². The second-order valence-electron chi connectivity index (χ2n) is 2.67. The number of hydrogen-bond acceptors (Lipinski definition) is 2. The zero-order valence-corrected chi connectivity index (χ0v) is 7.39. The molecule has 0 aliphatic carbocycles. The van der Waals surface area contributed by atoms with Crippen LogP contribution < -0.4 is 5.73 Å². The molecule has 13 heavy (non-hydrogen) atoms. The average Bonchev–Trinajstić information content (AvgIpc) is 2.46. The molecule has 5 heteroatoms. The minimum Gasteiger partial charge on any atom is -0.384 e. The molecule has 2 heterocycles. The molecule has 66 valence electrons. The summed E-state index contributed by atoms with van der Waals surface area (Å²) in [5.74, 6) is 0.00955.